The van der Waals surface area contributed by atoms with E-state index in [1.54, 1.807) is 35.8 Å². The summed E-state index contributed by atoms with van der Waals surface area (Å²) in [5.41, 5.74) is 1.50. The molecule has 2 aromatic heterocycles. The summed E-state index contributed by atoms with van der Waals surface area (Å²) in [6.45, 7) is 1.33. The minimum Gasteiger partial charge on any atom is -0.298 e. The predicted octanol–water partition coefficient (Wildman–Crippen LogP) is 5.81. The number of nitrogens with one attached hydrogen (secondary N) is 1. The molecule has 0 saturated carbocycles. The molecule has 10 heteroatoms. The molecule has 2 aromatic carbocycles. The number of nitrogens with zero attached hydrogens (tertiary/aromatic N) is 3. The number of anilines is 3. The monoisotopic (exact) mass is 496 g/mol. The molecular weight excluding hydrogens is 478 g/mol. The second kappa shape index (κ2) is 10.4. The molecular formula is C24H18F2N4O2S2. The molecule has 0 fully saturated rings. The SMILES string of the molecule is CC(=O)N(c1nc(/C=C/C(=O)Nc2ncc(Cc3ccc(F)cc3)s2)cs1)c1ccccc1F. The van der Waals surface area contributed by atoms with Crippen LogP contribution < -0.4 is 10.2 Å². The summed E-state index contributed by atoms with van der Waals surface area (Å²) in [7, 11) is 0. The fourth-order valence-electron chi connectivity index (χ4n) is 3.05. The van der Waals surface area contributed by atoms with Crippen molar-refractivity contribution in [1.29, 1.82) is 0 Å². The lowest BCUT2D eigenvalue weighted by atomic mass is 10.1. The van der Waals surface area contributed by atoms with Gasteiger partial charge in [-0.2, -0.15) is 0 Å². The molecule has 4 rings (SSSR count). The molecule has 0 aliphatic rings. The topological polar surface area (TPSA) is 75.2 Å². The Kier molecular flexibility index (Phi) is 7.19. The Balaban J connectivity index is 1.39. The first-order chi connectivity index (χ1) is 16.4. The number of halogens is 2. The molecule has 4 aromatic rings. The van der Waals surface area contributed by atoms with Crippen LogP contribution in [0.3, 0.4) is 0 Å². The van der Waals surface area contributed by atoms with Gasteiger partial charge in [0.2, 0.25) is 11.8 Å². The summed E-state index contributed by atoms with van der Waals surface area (Å²) in [5.74, 6) is -1.60. The van der Waals surface area contributed by atoms with Crippen LogP contribution in [0.5, 0.6) is 0 Å². The van der Waals surface area contributed by atoms with Crippen LogP contribution in [0.15, 0.2) is 66.2 Å². The van der Waals surface area contributed by atoms with Crippen LogP contribution in [0.4, 0.5) is 24.7 Å². The second-order valence-electron chi connectivity index (χ2n) is 7.12. The lowest BCUT2D eigenvalue weighted by Gasteiger charge is -2.18. The summed E-state index contributed by atoms with van der Waals surface area (Å²) < 4.78 is 27.2. The van der Waals surface area contributed by atoms with Crippen LogP contribution >= 0.6 is 22.7 Å². The summed E-state index contributed by atoms with van der Waals surface area (Å²) in [5, 5.41) is 5.09. The fraction of sp³-hybridized carbons (Fsp3) is 0.0833. The molecule has 34 heavy (non-hydrogen) atoms. The average Bonchev–Trinajstić information content (AvgIpc) is 3.45. The first-order valence-electron chi connectivity index (χ1n) is 10.1. The third-order valence-electron chi connectivity index (χ3n) is 4.59. The number of hydrogen-bond acceptors (Lipinski definition) is 6. The molecule has 2 amide bonds. The Morgan fingerprint density at radius 2 is 1.88 bits per heavy atom. The summed E-state index contributed by atoms with van der Waals surface area (Å²) in [4.78, 5) is 35.1. The first-order valence-corrected chi connectivity index (χ1v) is 11.8. The van der Waals surface area contributed by atoms with E-state index in [9.17, 15) is 18.4 Å². The lowest BCUT2D eigenvalue weighted by Crippen LogP contribution is -2.23. The number of carbonyl (C=O) groups excluding carboxylic acids is 2. The van der Waals surface area contributed by atoms with Crippen molar-refractivity contribution < 1.29 is 18.4 Å². The highest BCUT2D eigenvalue weighted by molar-refractivity contribution is 7.15. The molecule has 0 atom stereocenters. The molecule has 0 aliphatic carbocycles. The maximum Gasteiger partial charge on any atom is 0.250 e. The zero-order valence-electron chi connectivity index (χ0n) is 17.9. The Bertz CT molecular complexity index is 1350. The zero-order chi connectivity index (χ0) is 24.1. The summed E-state index contributed by atoms with van der Waals surface area (Å²) in [6.07, 6.45) is 5.06. The van der Waals surface area contributed by atoms with Gasteiger partial charge in [0.05, 0.1) is 11.4 Å². The van der Waals surface area contributed by atoms with E-state index in [4.69, 9.17) is 0 Å². The van der Waals surface area contributed by atoms with Crippen molar-refractivity contribution in [3.05, 3.63) is 94.0 Å². The highest BCUT2D eigenvalue weighted by Crippen LogP contribution is 2.31. The number of rotatable bonds is 7. The van der Waals surface area contributed by atoms with Crippen LogP contribution in [0.1, 0.15) is 23.1 Å². The van der Waals surface area contributed by atoms with Gasteiger partial charge in [0.1, 0.15) is 11.6 Å². The van der Waals surface area contributed by atoms with Crippen LogP contribution in [-0.4, -0.2) is 21.8 Å². The van der Waals surface area contributed by atoms with E-state index in [2.05, 4.69) is 15.3 Å². The fourth-order valence-corrected chi connectivity index (χ4v) is 4.75. The van der Waals surface area contributed by atoms with Gasteiger partial charge in [-0.3, -0.25) is 19.8 Å². The van der Waals surface area contributed by atoms with E-state index >= 15 is 0 Å². The minimum absolute atomic E-state index is 0.109. The normalized spacial score (nSPS) is 11.0. The Labute approximate surface area is 202 Å². The summed E-state index contributed by atoms with van der Waals surface area (Å²) >= 11 is 2.49. The van der Waals surface area contributed by atoms with Crippen molar-refractivity contribution in [3.8, 4) is 0 Å². The number of para-hydroxylation sites is 1. The molecule has 0 radical (unpaired) electrons. The Morgan fingerprint density at radius 3 is 2.62 bits per heavy atom. The second-order valence-corrected chi connectivity index (χ2v) is 9.07. The molecule has 0 saturated heterocycles. The van der Waals surface area contributed by atoms with Crippen molar-refractivity contribution in [3.63, 3.8) is 0 Å². The average molecular weight is 497 g/mol. The molecule has 0 unspecified atom stereocenters. The number of carbonyl (C=O) groups is 2. The predicted molar refractivity (Wildman–Crippen MR) is 130 cm³/mol. The Hall–Kier alpha value is -3.76. The van der Waals surface area contributed by atoms with E-state index < -0.39 is 11.7 Å². The lowest BCUT2D eigenvalue weighted by molar-refractivity contribution is -0.116. The van der Waals surface area contributed by atoms with Crippen molar-refractivity contribution in [1.82, 2.24) is 9.97 Å². The van der Waals surface area contributed by atoms with E-state index in [-0.39, 0.29) is 17.4 Å². The van der Waals surface area contributed by atoms with Crippen molar-refractivity contribution in [2.75, 3.05) is 10.2 Å². The van der Waals surface area contributed by atoms with Gasteiger partial charge in [-0.25, -0.2) is 18.7 Å². The third kappa shape index (κ3) is 5.77. The largest absolute Gasteiger partial charge is 0.298 e. The zero-order valence-corrected chi connectivity index (χ0v) is 19.5. The molecule has 0 aliphatic heterocycles. The number of amides is 2. The molecule has 1 N–H and O–H groups in total. The van der Waals surface area contributed by atoms with Crippen molar-refractivity contribution in [2.45, 2.75) is 13.3 Å². The number of thiazole rings is 2. The highest BCUT2D eigenvalue weighted by atomic mass is 32.1. The minimum atomic E-state index is -0.536. The van der Waals surface area contributed by atoms with E-state index in [0.29, 0.717) is 22.4 Å². The van der Waals surface area contributed by atoms with E-state index in [1.165, 1.54) is 59.6 Å². The van der Waals surface area contributed by atoms with Crippen molar-refractivity contribution in [2.24, 2.45) is 0 Å². The molecule has 172 valence electrons. The van der Waals surface area contributed by atoms with Crippen LogP contribution in [0, 0.1) is 11.6 Å². The number of benzene rings is 2. The maximum absolute atomic E-state index is 14.2. The van der Waals surface area contributed by atoms with Gasteiger partial charge in [-0.1, -0.05) is 24.3 Å². The van der Waals surface area contributed by atoms with Crippen LogP contribution in [0.25, 0.3) is 6.08 Å². The quantitative estimate of drug-likeness (QED) is 0.328. The maximum atomic E-state index is 14.2. The number of hydrogen-bond donors (Lipinski definition) is 1. The van der Waals surface area contributed by atoms with E-state index in [1.807, 2.05) is 0 Å². The van der Waals surface area contributed by atoms with Gasteiger partial charge in [0, 0.05) is 35.9 Å². The standard InChI is InChI=1S/C24H18F2N4O2S2/c1-15(31)30(21-5-3-2-4-20(21)26)24-28-18(14-33-24)10-11-22(32)29-23-27-13-19(34-23)12-16-6-8-17(25)9-7-16/h2-11,13-14H,12H2,1H3,(H,27,29,32)/b11-10+. The Morgan fingerprint density at radius 1 is 1.12 bits per heavy atom. The van der Waals surface area contributed by atoms with Crippen molar-refractivity contribution >= 4 is 56.5 Å². The molecule has 0 bridgehead atoms. The van der Waals surface area contributed by atoms with Gasteiger partial charge in [0.25, 0.3) is 0 Å². The van der Waals surface area contributed by atoms with Crippen LogP contribution in [0.2, 0.25) is 0 Å². The van der Waals surface area contributed by atoms with Gasteiger partial charge in [-0.05, 0) is 35.9 Å². The van der Waals surface area contributed by atoms with Crippen LogP contribution in [-0.2, 0) is 16.0 Å². The molecule has 2 heterocycles. The summed E-state index contributed by atoms with van der Waals surface area (Å²) in [6, 6.07) is 12.2. The van der Waals surface area contributed by atoms with Gasteiger partial charge in [-0.15, -0.1) is 22.7 Å². The van der Waals surface area contributed by atoms with Gasteiger partial charge in [0.15, 0.2) is 10.3 Å². The number of aromatic nitrogens is 2. The molecule has 0 spiro atoms. The smallest absolute Gasteiger partial charge is 0.250 e. The highest BCUT2D eigenvalue weighted by Gasteiger charge is 2.20. The third-order valence-corrected chi connectivity index (χ3v) is 6.35. The first kappa shape index (κ1) is 23.4. The van der Waals surface area contributed by atoms with Gasteiger partial charge >= 0.3 is 0 Å². The molecule has 6 nitrogen and oxygen atoms in total. The van der Waals surface area contributed by atoms with Gasteiger partial charge < -0.3 is 0 Å². The van der Waals surface area contributed by atoms with E-state index in [0.717, 1.165) is 21.8 Å².